The average Bonchev–Trinajstić information content (AvgIpc) is 2.90. The number of nitrogens with zero attached hydrogens (tertiary/aromatic N) is 3. The van der Waals surface area contributed by atoms with E-state index in [-0.39, 0.29) is 0 Å². The van der Waals surface area contributed by atoms with Crippen molar-refractivity contribution in [1.29, 1.82) is 0 Å². The van der Waals surface area contributed by atoms with Crippen LogP contribution in [0.3, 0.4) is 0 Å². The zero-order chi connectivity index (χ0) is 13.5. The van der Waals surface area contributed by atoms with Crippen LogP contribution in [0.25, 0.3) is 0 Å². The van der Waals surface area contributed by atoms with Crippen LogP contribution in [0.5, 0.6) is 0 Å². The Labute approximate surface area is 116 Å². The Bertz CT molecular complexity index is 479. The molecule has 0 saturated carbocycles. The van der Waals surface area contributed by atoms with Crippen molar-refractivity contribution in [2.24, 2.45) is 0 Å². The summed E-state index contributed by atoms with van der Waals surface area (Å²) >= 11 is 1.61. The van der Waals surface area contributed by atoms with Crippen molar-refractivity contribution < 1.29 is 4.74 Å². The van der Waals surface area contributed by atoms with E-state index in [2.05, 4.69) is 25.6 Å². The molecule has 0 fully saturated rings. The standard InChI is InChI=1S/C12H17N5OS/c1-3-13-9-6-10(17-11(16-9)8-18-2)15-7-12-14-4-5-19-12/h4-6H,3,7-8H2,1-2H3,(H2,13,15,16,17). The topological polar surface area (TPSA) is 72.0 Å². The summed E-state index contributed by atoms with van der Waals surface area (Å²) in [6.07, 6.45) is 1.79. The summed E-state index contributed by atoms with van der Waals surface area (Å²) in [6, 6.07) is 1.89. The molecule has 0 unspecified atom stereocenters. The summed E-state index contributed by atoms with van der Waals surface area (Å²) in [6.45, 7) is 3.90. The van der Waals surface area contributed by atoms with Crippen molar-refractivity contribution in [3.05, 3.63) is 28.5 Å². The molecule has 0 aromatic carbocycles. The first kappa shape index (κ1) is 13.7. The maximum Gasteiger partial charge on any atom is 0.158 e. The fourth-order valence-electron chi connectivity index (χ4n) is 1.56. The predicted molar refractivity (Wildman–Crippen MR) is 76.3 cm³/mol. The summed E-state index contributed by atoms with van der Waals surface area (Å²) in [5.74, 6) is 2.22. The van der Waals surface area contributed by atoms with E-state index in [1.165, 1.54) is 0 Å². The number of hydrogen-bond donors (Lipinski definition) is 2. The van der Waals surface area contributed by atoms with Gasteiger partial charge >= 0.3 is 0 Å². The van der Waals surface area contributed by atoms with Crippen LogP contribution in [0, 0.1) is 0 Å². The quantitative estimate of drug-likeness (QED) is 0.809. The van der Waals surface area contributed by atoms with Gasteiger partial charge in [-0.2, -0.15) is 0 Å². The Hall–Kier alpha value is -1.73. The number of ether oxygens (including phenoxy) is 1. The molecule has 2 N–H and O–H groups in total. The van der Waals surface area contributed by atoms with Crippen molar-refractivity contribution in [3.8, 4) is 0 Å². The lowest BCUT2D eigenvalue weighted by Gasteiger charge is -2.09. The third-order valence-corrected chi connectivity index (χ3v) is 3.09. The molecule has 0 amide bonds. The molecule has 19 heavy (non-hydrogen) atoms. The third-order valence-electron chi connectivity index (χ3n) is 2.31. The van der Waals surface area contributed by atoms with Crippen LogP contribution in [0.2, 0.25) is 0 Å². The van der Waals surface area contributed by atoms with Crippen LogP contribution in [0.15, 0.2) is 17.6 Å². The normalized spacial score (nSPS) is 10.4. The molecule has 0 saturated heterocycles. The number of anilines is 2. The van der Waals surface area contributed by atoms with Gasteiger partial charge < -0.3 is 15.4 Å². The number of rotatable bonds is 7. The van der Waals surface area contributed by atoms with Crippen molar-refractivity contribution in [2.45, 2.75) is 20.1 Å². The van der Waals surface area contributed by atoms with Crippen molar-refractivity contribution in [3.63, 3.8) is 0 Å². The first-order valence-electron chi connectivity index (χ1n) is 6.04. The molecule has 0 radical (unpaired) electrons. The lowest BCUT2D eigenvalue weighted by atomic mass is 10.4. The SMILES string of the molecule is CCNc1cc(NCc2nccs2)nc(COC)n1. The highest BCUT2D eigenvalue weighted by atomic mass is 32.1. The fraction of sp³-hybridized carbons (Fsp3) is 0.417. The Morgan fingerprint density at radius 2 is 2.05 bits per heavy atom. The van der Waals surface area contributed by atoms with Crippen LogP contribution in [0.1, 0.15) is 17.8 Å². The molecule has 2 aromatic heterocycles. The number of methoxy groups -OCH3 is 1. The van der Waals surface area contributed by atoms with Crippen molar-refractivity contribution >= 4 is 23.0 Å². The number of aromatic nitrogens is 3. The maximum absolute atomic E-state index is 5.08. The van der Waals surface area contributed by atoms with Gasteiger partial charge in [0.15, 0.2) is 5.82 Å². The van der Waals surface area contributed by atoms with Gasteiger partial charge in [-0.25, -0.2) is 15.0 Å². The molecule has 0 aliphatic carbocycles. The Morgan fingerprint density at radius 3 is 2.68 bits per heavy atom. The zero-order valence-electron chi connectivity index (χ0n) is 11.0. The summed E-state index contributed by atoms with van der Waals surface area (Å²) in [4.78, 5) is 13.0. The lowest BCUT2D eigenvalue weighted by molar-refractivity contribution is 0.178. The second kappa shape index (κ2) is 7.01. The highest BCUT2D eigenvalue weighted by Crippen LogP contribution is 2.14. The van der Waals surface area contributed by atoms with Gasteiger partial charge in [-0.05, 0) is 6.92 Å². The Kier molecular flexibility index (Phi) is 5.05. The number of nitrogens with one attached hydrogen (secondary N) is 2. The Morgan fingerprint density at radius 1 is 1.26 bits per heavy atom. The van der Waals surface area contributed by atoms with E-state index in [4.69, 9.17) is 4.74 Å². The first-order valence-corrected chi connectivity index (χ1v) is 6.92. The van der Waals surface area contributed by atoms with Crippen molar-refractivity contribution in [1.82, 2.24) is 15.0 Å². The molecule has 0 aliphatic heterocycles. The van der Waals surface area contributed by atoms with Crippen molar-refractivity contribution in [2.75, 3.05) is 24.3 Å². The number of hydrogen-bond acceptors (Lipinski definition) is 7. The maximum atomic E-state index is 5.08. The van der Waals surface area contributed by atoms with Gasteiger partial charge in [0.25, 0.3) is 0 Å². The molecule has 2 heterocycles. The summed E-state index contributed by atoms with van der Waals surface area (Å²) in [7, 11) is 1.63. The van der Waals surface area contributed by atoms with Gasteiger partial charge in [0.05, 0.1) is 6.54 Å². The summed E-state index contributed by atoms with van der Waals surface area (Å²) in [5.41, 5.74) is 0. The van der Waals surface area contributed by atoms with Gasteiger partial charge in [-0.15, -0.1) is 11.3 Å². The minimum Gasteiger partial charge on any atom is -0.377 e. The fourth-order valence-corrected chi connectivity index (χ4v) is 2.12. The molecule has 6 nitrogen and oxygen atoms in total. The minimum absolute atomic E-state index is 0.394. The first-order chi connectivity index (χ1) is 9.31. The molecule has 2 aromatic rings. The van der Waals surface area contributed by atoms with Gasteiger partial charge in [0.1, 0.15) is 23.3 Å². The molecule has 0 aliphatic rings. The monoisotopic (exact) mass is 279 g/mol. The highest BCUT2D eigenvalue weighted by molar-refractivity contribution is 7.09. The largest absolute Gasteiger partial charge is 0.377 e. The van der Waals surface area contributed by atoms with E-state index in [9.17, 15) is 0 Å². The second-order valence-electron chi connectivity index (χ2n) is 3.80. The predicted octanol–water partition coefficient (Wildman–Crippen LogP) is 2.12. The summed E-state index contributed by atoms with van der Waals surface area (Å²) in [5, 5.41) is 9.41. The molecular formula is C12H17N5OS. The molecule has 0 atom stereocenters. The minimum atomic E-state index is 0.394. The van der Waals surface area contributed by atoms with Crippen LogP contribution in [0.4, 0.5) is 11.6 Å². The smallest absolute Gasteiger partial charge is 0.158 e. The highest BCUT2D eigenvalue weighted by Gasteiger charge is 2.04. The van der Waals surface area contributed by atoms with E-state index < -0.39 is 0 Å². The molecule has 0 spiro atoms. The van der Waals surface area contributed by atoms with Crippen LogP contribution < -0.4 is 10.6 Å². The molecule has 7 heteroatoms. The number of thiazole rings is 1. The second-order valence-corrected chi connectivity index (χ2v) is 4.78. The van der Waals surface area contributed by atoms with Crippen LogP contribution in [-0.2, 0) is 17.9 Å². The van der Waals surface area contributed by atoms with E-state index in [0.717, 1.165) is 23.2 Å². The average molecular weight is 279 g/mol. The van der Waals surface area contributed by atoms with Crippen LogP contribution >= 0.6 is 11.3 Å². The summed E-state index contributed by atoms with van der Waals surface area (Å²) < 4.78 is 5.08. The van der Waals surface area contributed by atoms with Gasteiger partial charge in [0.2, 0.25) is 0 Å². The zero-order valence-corrected chi connectivity index (χ0v) is 11.8. The van der Waals surface area contributed by atoms with E-state index in [1.54, 1.807) is 24.6 Å². The van der Waals surface area contributed by atoms with E-state index >= 15 is 0 Å². The van der Waals surface area contributed by atoms with E-state index in [1.807, 2.05) is 18.4 Å². The molecular weight excluding hydrogens is 262 g/mol. The molecule has 0 bridgehead atoms. The van der Waals surface area contributed by atoms with Crippen LogP contribution in [-0.4, -0.2) is 28.6 Å². The van der Waals surface area contributed by atoms with Gasteiger partial charge in [0, 0.05) is 31.3 Å². The molecule has 102 valence electrons. The molecule has 2 rings (SSSR count). The lowest BCUT2D eigenvalue weighted by Crippen LogP contribution is -2.08. The third kappa shape index (κ3) is 4.15. The van der Waals surface area contributed by atoms with E-state index in [0.29, 0.717) is 19.0 Å². The van der Waals surface area contributed by atoms with Gasteiger partial charge in [-0.3, -0.25) is 0 Å². The van der Waals surface area contributed by atoms with Gasteiger partial charge in [-0.1, -0.05) is 0 Å². The Balaban J connectivity index is 2.08.